The van der Waals surface area contributed by atoms with Gasteiger partial charge in [0, 0.05) is 10.1 Å². The molecule has 0 unspecified atom stereocenters. The van der Waals surface area contributed by atoms with E-state index in [9.17, 15) is 8.42 Å². The molecule has 0 N–H and O–H groups in total. The summed E-state index contributed by atoms with van der Waals surface area (Å²) in [6.07, 6.45) is 0. The quantitative estimate of drug-likeness (QED) is 0.219. The van der Waals surface area contributed by atoms with Crippen molar-refractivity contribution in [1.29, 1.82) is 0 Å². The number of benzene rings is 4. The first kappa shape index (κ1) is 23.1. The summed E-state index contributed by atoms with van der Waals surface area (Å²) in [5, 5.41) is 0.978. The SMILES string of the molecule is CCS(=O)(=O)c1ccc(-c2sc3cc(OCc4ccccc4)ccc3c2Oc2ccccc2)cc1. The highest BCUT2D eigenvalue weighted by Gasteiger charge is 2.18. The van der Waals surface area contributed by atoms with Gasteiger partial charge in [0.1, 0.15) is 18.1 Å². The van der Waals surface area contributed by atoms with Crippen LogP contribution in [0.4, 0.5) is 0 Å². The molecule has 0 radical (unpaired) electrons. The van der Waals surface area contributed by atoms with Crippen molar-refractivity contribution >= 4 is 31.3 Å². The highest BCUT2D eigenvalue weighted by atomic mass is 32.2. The molecule has 0 aliphatic carbocycles. The van der Waals surface area contributed by atoms with Crippen molar-refractivity contribution in [3.63, 3.8) is 0 Å². The van der Waals surface area contributed by atoms with Gasteiger partial charge in [-0.1, -0.05) is 67.6 Å². The third kappa shape index (κ3) is 5.09. The molecule has 35 heavy (non-hydrogen) atoms. The molecule has 1 aromatic heterocycles. The molecular formula is C29H24O4S2. The largest absolute Gasteiger partial charge is 0.489 e. The minimum atomic E-state index is -3.26. The van der Waals surface area contributed by atoms with Crippen molar-refractivity contribution in [3.8, 4) is 27.7 Å². The molecule has 5 rings (SSSR count). The lowest BCUT2D eigenvalue weighted by atomic mass is 10.1. The van der Waals surface area contributed by atoms with Gasteiger partial charge in [-0.05, 0) is 53.6 Å². The number of ether oxygens (including phenoxy) is 2. The van der Waals surface area contributed by atoms with E-state index in [0.717, 1.165) is 43.3 Å². The Kier molecular flexibility index (Phi) is 6.57. The van der Waals surface area contributed by atoms with Crippen molar-refractivity contribution in [3.05, 3.63) is 109 Å². The summed E-state index contributed by atoms with van der Waals surface area (Å²) in [4.78, 5) is 1.26. The van der Waals surface area contributed by atoms with E-state index in [1.807, 2.05) is 91.0 Å². The molecule has 4 nitrogen and oxygen atoms in total. The summed E-state index contributed by atoms with van der Waals surface area (Å²) in [6, 6.07) is 32.7. The van der Waals surface area contributed by atoms with Gasteiger partial charge in [-0.25, -0.2) is 8.42 Å². The third-order valence-electron chi connectivity index (χ3n) is 5.68. The Balaban J connectivity index is 1.53. The van der Waals surface area contributed by atoms with Gasteiger partial charge in [0.05, 0.1) is 15.5 Å². The van der Waals surface area contributed by atoms with E-state index < -0.39 is 9.84 Å². The lowest BCUT2D eigenvalue weighted by Gasteiger charge is -2.09. The second-order valence-electron chi connectivity index (χ2n) is 8.04. The van der Waals surface area contributed by atoms with Crippen LogP contribution in [0.5, 0.6) is 17.2 Å². The van der Waals surface area contributed by atoms with Gasteiger partial charge in [0.15, 0.2) is 15.6 Å². The summed E-state index contributed by atoms with van der Waals surface area (Å²) in [5.74, 6) is 2.34. The summed E-state index contributed by atoms with van der Waals surface area (Å²) in [5.41, 5.74) is 2.01. The summed E-state index contributed by atoms with van der Waals surface area (Å²) >= 11 is 1.60. The molecule has 0 aliphatic rings. The molecule has 0 saturated heterocycles. The van der Waals surface area contributed by atoms with Gasteiger partial charge in [-0.2, -0.15) is 0 Å². The first-order valence-electron chi connectivity index (χ1n) is 11.3. The first-order chi connectivity index (χ1) is 17.0. The molecule has 1 heterocycles. The van der Waals surface area contributed by atoms with E-state index in [2.05, 4.69) is 0 Å². The minimum Gasteiger partial charge on any atom is -0.489 e. The van der Waals surface area contributed by atoms with Crippen molar-refractivity contribution in [1.82, 2.24) is 0 Å². The smallest absolute Gasteiger partial charge is 0.178 e. The Morgan fingerprint density at radius 1 is 0.771 bits per heavy atom. The molecule has 5 aromatic rings. The van der Waals surface area contributed by atoms with Crippen LogP contribution in [0.1, 0.15) is 12.5 Å². The molecule has 0 bridgehead atoms. The number of hydrogen-bond donors (Lipinski definition) is 0. The van der Waals surface area contributed by atoms with E-state index in [1.165, 1.54) is 0 Å². The highest BCUT2D eigenvalue weighted by molar-refractivity contribution is 7.91. The summed E-state index contributed by atoms with van der Waals surface area (Å²) in [6.45, 7) is 2.14. The first-order valence-corrected chi connectivity index (χ1v) is 13.8. The number of hydrogen-bond acceptors (Lipinski definition) is 5. The van der Waals surface area contributed by atoms with Crippen LogP contribution in [0.15, 0.2) is 108 Å². The van der Waals surface area contributed by atoms with Crippen LogP contribution in [-0.4, -0.2) is 14.2 Å². The molecule has 0 saturated carbocycles. The van der Waals surface area contributed by atoms with E-state index >= 15 is 0 Å². The molecule has 6 heteroatoms. The average molecular weight is 501 g/mol. The Bertz CT molecular complexity index is 1540. The number of para-hydroxylation sites is 1. The second kappa shape index (κ2) is 9.94. The Morgan fingerprint density at radius 2 is 1.46 bits per heavy atom. The number of sulfone groups is 1. The molecule has 0 atom stereocenters. The number of fused-ring (bicyclic) bond motifs is 1. The zero-order valence-corrected chi connectivity index (χ0v) is 20.8. The minimum absolute atomic E-state index is 0.0728. The maximum atomic E-state index is 12.3. The van der Waals surface area contributed by atoms with E-state index in [4.69, 9.17) is 9.47 Å². The summed E-state index contributed by atoms with van der Waals surface area (Å²) in [7, 11) is -3.26. The van der Waals surface area contributed by atoms with Gasteiger partial charge < -0.3 is 9.47 Å². The normalized spacial score (nSPS) is 11.5. The van der Waals surface area contributed by atoms with Crippen LogP contribution in [0, 0.1) is 0 Å². The predicted octanol–water partition coefficient (Wildman–Crippen LogP) is 7.73. The fourth-order valence-electron chi connectivity index (χ4n) is 3.76. The van der Waals surface area contributed by atoms with E-state index in [0.29, 0.717) is 11.5 Å². The van der Waals surface area contributed by atoms with Crippen molar-refractivity contribution in [2.75, 3.05) is 5.75 Å². The Hall–Kier alpha value is -3.61. The van der Waals surface area contributed by atoms with Gasteiger partial charge in [-0.3, -0.25) is 0 Å². The molecular weight excluding hydrogens is 476 g/mol. The lowest BCUT2D eigenvalue weighted by molar-refractivity contribution is 0.306. The van der Waals surface area contributed by atoms with Crippen LogP contribution >= 0.6 is 11.3 Å². The molecule has 4 aromatic carbocycles. The van der Waals surface area contributed by atoms with Gasteiger partial charge in [0.25, 0.3) is 0 Å². The molecule has 0 aliphatic heterocycles. The van der Waals surface area contributed by atoms with Gasteiger partial charge >= 0.3 is 0 Å². The fraction of sp³-hybridized carbons (Fsp3) is 0.103. The van der Waals surface area contributed by atoms with Gasteiger partial charge in [0.2, 0.25) is 0 Å². The molecule has 0 amide bonds. The molecule has 0 fully saturated rings. The topological polar surface area (TPSA) is 52.6 Å². The fourth-order valence-corrected chi connectivity index (χ4v) is 5.81. The van der Waals surface area contributed by atoms with Crippen LogP contribution < -0.4 is 9.47 Å². The highest BCUT2D eigenvalue weighted by Crippen LogP contribution is 2.47. The maximum Gasteiger partial charge on any atom is 0.178 e. The van der Waals surface area contributed by atoms with Crippen LogP contribution in [-0.2, 0) is 16.4 Å². The second-order valence-corrected chi connectivity index (χ2v) is 11.4. The third-order valence-corrected chi connectivity index (χ3v) is 8.62. The number of thiophene rings is 1. The zero-order chi connectivity index (χ0) is 24.3. The number of rotatable bonds is 8. The average Bonchev–Trinajstić information content (AvgIpc) is 3.26. The zero-order valence-electron chi connectivity index (χ0n) is 19.2. The maximum absolute atomic E-state index is 12.3. The Labute approximate surface area is 209 Å². The van der Waals surface area contributed by atoms with Crippen LogP contribution in [0.3, 0.4) is 0 Å². The molecule has 0 spiro atoms. The predicted molar refractivity (Wildman–Crippen MR) is 142 cm³/mol. The van der Waals surface area contributed by atoms with E-state index in [1.54, 1.807) is 30.4 Å². The van der Waals surface area contributed by atoms with Crippen molar-refractivity contribution in [2.45, 2.75) is 18.4 Å². The van der Waals surface area contributed by atoms with E-state index in [-0.39, 0.29) is 5.75 Å². The Morgan fingerprint density at radius 3 is 2.14 bits per heavy atom. The van der Waals surface area contributed by atoms with Crippen molar-refractivity contribution < 1.29 is 17.9 Å². The summed E-state index contributed by atoms with van der Waals surface area (Å²) < 4.78 is 38.0. The van der Waals surface area contributed by atoms with Gasteiger partial charge in [-0.15, -0.1) is 11.3 Å². The lowest BCUT2D eigenvalue weighted by Crippen LogP contribution is -2.02. The van der Waals surface area contributed by atoms with Crippen LogP contribution in [0.25, 0.3) is 20.5 Å². The van der Waals surface area contributed by atoms with Crippen molar-refractivity contribution in [2.24, 2.45) is 0 Å². The van der Waals surface area contributed by atoms with Crippen LogP contribution in [0.2, 0.25) is 0 Å². The standard InChI is InChI=1S/C29H24O4S2/c1-2-35(30,31)25-16-13-22(14-17-25)29-28(33-23-11-7-4-8-12-23)26-18-15-24(19-27(26)34-29)32-20-21-9-5-3-6-10-21/h3-19H,2,20H2,1H3. The monoisotopic (exact) mass is 500 g/mol. The molecule has 176 valence electrons.